The highest BCUT2D eigenvalue weighted by Crippen LogP contribution is 2.17. The van der Waals surface area contributed by atoms with E-state index < -0.39 is 0 Å². The van der Waals surface area contributed by atoms with Crippen LogP contribution in [0.4, 0.5) is 4.79 Å². The topological polar surface area (TPSA) is 65.0 Å². The van der Waals surface area contributed by atoms with Crippen molar-refractivity contribution in [1.29, 1.82) is 5.41 Å². The van der Waals surface area contributed by atoms with Crippen molar-refractivity contribution >= 4 is 23.0 Å². The Morgan fingerprint density at radius 1 is 1.36 bits per heavy atom. The standard InChI is InChI=1S/C9H17N3OS/c1-14-8(10)12-9(13)11-7-5-3-2-4-6-7/h7H,2-6H2,1H3,(H3,10,11,12,13). The Morgan fingerprint density at radius 3 is 2.57 bits per heavy atom. The molecular weight excluding hydrogens is 198 g/mol. The van der Waals surface area contributed by atoms with Gasteiger partial charge in [0, 0.05) is 6.04 Å². The summed E-state index contributed by atoms with van der Waals surface area (Å²) < 4.78 is 0. The number of rotatable bonds is 1. The smallest absolute Gasteiger partial charge is 0.321 e. The highest BCUT2D eigenvalue weighted by Gasteiger charge is 2.15. The van der Waals surface area contributed by atoms with E-state index in [4.69, 9.17) is 5.41 Å². The molecule has 3 N–H and O–H groups in total. The third kappa shape index (κ3) is 4.00. The number of nitrogens with one attached hydrogen (secondary N) is 3. The maximum Gasteiger partial charge on any atom is 0.321 e. The minimum atomic E-state index is -0.240. The van der Waals surface area contributed by atoms with Gasteiger partial charge in [-0.1, -0.05) is 31.0 Å². The maximum absolute atomic E-state index is 11.3. The van der Waals surface area contributed by atoms with Crippen molar-refractivity contribution in [1.82, 2.24) is 10.6 Å². The normalized spacial score (nSPS) is 17.5. The fraction of sp³-hybridized carbons (Fsp3) is 0.778. The molecule has 1 fully saturated rings. The third-order valence-electron chi connectivity index (χ3n) is 2.37. The highest BCUT2D eigenvalue weighted by atomic mass is 32.2. The molecule has 0 aromatic heterocycles. The van der Waals surface area contributed by atoms with E-state index in [1.807, 2.05) is 0 Å². The molecule has 1 aliphatic rings. The lowest BCUT2D eigenvalue weighted by Crippen LogP contribution is -2.44. The summed E-state index contributed by atoms with van der Waals surface area (Å²) in [5.74, 6) is 0. The number of hydrogen-bond acceptors (Lipinski definition) is 3. The zero-order chi connectivity index (χ0) is 10.4. The van der Waals surface area contributed by atoms with Gasteiger partial charge in [-0.15, -0.1) is 0 Å². The molecule has 0 bridgehead atoms. The Hall–Kier alpha value is -0.710. The van der Waals surface area contributed by atoms with Crippen molar-refractivity contribution < 1.29 is 4.79 Å². The molecule has 0 unspecified atom stereocenters. The van der Waals surface area contributed by atoms with Crippen LogP contribution in [0, 0.1) is 5.41 Å². The van der Waals surface area contributed by atoms with E-state index in [0.717, 1.165) is 12.8 Å². The fourth-order valence-corrected chi connectivity index (χ4v) is 1.82. The van der Waals surface area contributed by atoms with Gasteiger partial charge in [-0.05, 0) is 19.1 Å². The van der Waals surface area contributed by atoms with Crippen molar-refractivity contribution in [3.05, 3.63) is 0 Å². The van der Waals surface area contributed by atoms with Gasteiger partial charge in [0.05, 0.1) is 0 Å². The van der Waals surface area contributed by atoms with E-state index in [1.165, 1.54) is 31.0 Å². The predicted molar refractivity (Wildman–Crippen MR) is 59.8 cm³/mol. The molecule has 14 heavy (non-hydrogen) atoms. The second-order valence-corrected chi connectivity index (χ2v) is 4.28. The van der Waals surface area contributed by atoms with E-state index in [1.54, 1.807) is 6.26 Å². The Kier molecular flexibility index (Phi) is 4.79. The van der Waals surface area contributed by atoms with Crippen LogP contribution in [0.25, 0.3) is 0 Å². The van der Waals surface area contributed by atoms with Crippen LogP contribution >= 0.6 is 11.8 Å². The summed E-state index contributed by atoms with van der Waals surface area (Å²) in [5.41, 5.74) is 0. The molecule has 0 aromatic rings. The SMILES string of the molecule is CSC(=N)NC(=O)NC1CCCCC1. The Morgan fingerprint density at radius 2 is 2.00 bits per heavy atom. The molecule has 2 amide bonds. The number of carbonyl (C=O) groups is 1. The zero-order valence-corrected chi connectivity index (χ0v) is 9.25. The molecule has 4 nitrogen and oxygen atoms in total. The van der Waals surface area contributed by atoms with Gasteiger partial charge in [-0.25, -0.2) is 4.79 Å². The summed E-state index contributed by atoms with van der Waals surface area (Å²) in [6.07, 6.45) is 7.58. The lowest BCUT2D eigenvalue weighted by Gasteiger charge is -2.22. The number of amides is 2. The van der Waals surface area contributed by atoms with Crippen LogP contribution in [0.1, 0.15) is 32.1 Å². The van der Waals surface area contributed by atoms with Gasteiger partial charge in [-0.2, -0.15) is 0 Å². The number of hydrogen-bond donors (Lipinski definition) is 3. The monoisotopic (exact) mass is 215 g/mol. The lowest BCUT2D eigenvalue weighted by atomic mass is 9.96. The predicted octanol–water partition coefficient (Wildman–Crippen LogP) is 1.92. The Labute approximate surface area is 88.7 Å². The molecule has 0 aliphatic heterocycles. The summed E-state index contributed by atoms with van der Waals surface area (Å²) in [7, 11) is 0. The van der Waals surface area contributed by atoms with Gasteiger partial charge in [-0.3, -0.25) is 10.7 Å². The zero-order valence-electron chi connectivity index (χ0n) is 8.43. The third-order valence-corrected chi connectivity index (χ3v) is 2.88. The molecule has 0 radical (unpaired) electrons. The van der Waals surface area contributed by atoms with Gasteiger partial charge in [0.2, 0.25) is 0 Å². The molecule has 1 saturated carbocycles. The minimum absolute atomic E-state index is 0.193. The van der Waals surface area contributed by atoms with Crippen molar-refractivity contribution in [3.8, 4) is 0 Å². The molecule has 0 aromatic carbocycles. The lowest BCUT2D eigenvalue weighted by molar-refractivity contribution is 0.237. The van der Waals surface area contributed by atoms with E-state index in [0.29, 0.717) is 6.04 Å². The first-order valence-corrected chi connectivity index (χ1v) is 6.15. The number of thioether (sulfide) groups is 1. The van der Waals surface area contributed by atoms with Crippen LogP contribution in [0.15, 0.2) is 0 Å². The van der Waals surface area contributed by atoms with Crippen LogP contribution in [0.5, 0.6) is 0 Å². The van der Waals surface area contributed by atoms with Crippen molar-refractivity contribution in [3.63, 3.8) is 0 Å². The molecule has 1 rings (SSSR count). The first-order chi connectivity index (χ1) is 6.72. The first-order valence-electron chi connectivity index (χ1n) is 4.92. The van der Waals surface area contributed by atoms with Crippen LogP contribution in [0.2, 0.25) is 0 Å². The number of amidine groups is 1. The molecule has 5 heteroatoms. The van der Waals surface area contributed by atoms with Gasteiger partial charge in [0.25, 0.3) is 0 Å². The summed E-state index contributed by atoms with van der Waals surface area (Å²) in [5, 5.41) is 12.8. The highest BCUT2D eigenvalue weighted by molar-refractivity contribution is 8.13. The van der Waals surface area contributed by atoms with E-state index in [9.17, 15) is 4.79 Å². The molecule has 0 saturated heterocycles. The van der Waals surface area contributed by atoms with Crippen molar-refractivity contribution in [2.45, 2.75) is 38.1 Å². The second-order valence-electron chi connectivity index (χ2n) is 3.47. The van der Waals surface area contributed by atoms with Crippen molar-refractivity contribution in [2.24, 2.45) is 0 Å². The van der Waals surface area contributed by atoms with Gasteiger partial charge in [0.15, 0.2) is 5.17 Å². The van der Waals surface area contributed by atoms with Crippen LogP contribution in [0.3, 0.4) is 0 Å². The van der Waals surface area contributed by atoms with E-state index >= 15 is 0 Å². The van der Waals surface area contributed by atoms with Crippen LogP contribution in [-0.2, 0) is 0 Å². The number of carbonyl (C=O) groups excluding carboxylic acids is 1. The second kappa shape index (κ2) is 5.90. The van der Waals surface area contributed by atoms with Gasteiger partial charge < -0.3 is 5.32 Å². The minimum Gasteiger partial charge on any atom is -0.335 e. The van der Waals surface area contributed by atoms with Gasteiger partial charge >= 0.3 is 6.03 Å². The summed E-state index contributed by atoms with van der Waals surface area (Å²) >= 11 is 1.23. The summed E-state index contributed by atoms with van der Waals surface area (Å²) in [4.78, 5) is 11.3. The number of urea groups is 1. The summed E-state index contributed by atoms with van der Waals surface area (Å²) in [6.45, 7) is 0. The molecule has 0 heterocycles. The average Bonchev–Trinajstić information content (AvgIpc) is 2.19. The van der Waals surface area contributed by atoms with E-state index in [2.05, 4.69) is 10.6 Å². The molecule has 0 spiro atoms. The van der Waals surface area contributed by atoms with Crippen LogP contribution < -0.4 is 10.6 Å². The quantitative estimate of drug-likeness (QED) is 0.462. The van der Waals surface area contributed by atoms with Crippen LogP contribution in [-0.4, -0.2) is 23.5 Å². The Bertz CT molecular complexity index is 214. The fourth-order valence-electron chi connectivity index (χ4n) is 1.62. The maximum atomic E-state index is 11.3. The molecule has 1 aliphatic carbocycles. The van der Waals surface area contributed by atoms with Crippen molar-refractivity contribution in [2.75, 3.05) is 6.26 Å². The summed E-state index contributed by atoms with van der Waals surface area (Å²) in [6, 6.07) is 0.0645. The Balaban J connectivity index is 2.21. The first kappa shape index (κ1) is 11.4. The largest absolute Gasteiger partial charge is 0.335 e. The molecular formula is C9H17N3OS. The average molecular weight is 215 g/mol. The van der Waals surface area contributed by atoms with E-state index in [-0.39, 0.29) is 11.2 Å². The molecule has 0 atom stereocenters. The van der Waals surface area contributed by atoms with Gasteiger partial charge in [0.1, 0.15) is 0 Å². The molecule has 80 valence electrons.